The Kier molecular flexibility index (Phi) is 3.69. The molecule has 1 aromatic heterocycles. The van der Waals surface area contributed by atoms with Crippen LogP contribution < -0.4 is 10.5 Å². The zero-order valence-electron chi connectivity index (χ0n) is 9.34. The van der Waals surface area contributed by atoms with Crippen LogP contribution in [0.2, 0.25) is 0 Å². The highest BCUT2D eigenvalue weighted by Gasteiger charge is 2.07. The summed E-state index contributed by atoms with van der Waals surface area (Å²) in [4.78, 5) is 4.14. The van der Waals surface area contributed by atoms with Crippen LogP contribution in [-0.4, -0.2) is 10.1 Å². The Bertz CT molecular complexity index is 455. The minimum atomic E-state index is -0.0685. The molecule has 1 aromatic carbocycles. The molecule has 0 fully saturated rings. The molecule has 88 valence electrons. The van der Waals surface area contributed by atoms with Gasteiger partial charge in [-0.3, -0.25) is 0 Å². The number of aliphatic hydroxyl groups is 1. The molecule has 0 saturated heterocycles. The molecule has 3 N–H and O–H groups in total. The van der Waals surface area contributed by atoms with Crippen LogP contribution in [0.3, 0.4) is 0 Å². The minimum absolute atomic E-state index is 0.0685. The summed E-state index contributed by atoms with van der Waals surface area (Å²) in [5, 5.41) is 9.20. The fourth-order valence-electron chi connectivity index (χ4n) is 1.51. The third kappa shape index (κ3) is 2.61. The number of nitrogens with zero attached hydrogens (tertiary/aromatic N) is 1. The van der Waals surface area contributed by atoms with Gasteiger partial charge in [0.05, 0.1) is 6.61 Å². The Morgan fingerprint density at radius 1 is 1.12 bits per heavy atom. The number of benzene rings is 1. The van der Waals surface area contributed by atoms with E-state index in [9.17, 15) is 5.11 Å². The molecule has 0 atom stereocenters. The second kappa shape index (κ2) is 5.43. The number of nitrogens with two attached hydrogens (primary N) is 1. The summed E-state index contributed by atoms with van der Waals surface area (Å²) in [5.74, 6) is 1.08. The smallest absolute Gasteiger partial charge is 0.223 e. The van der Waals surface area contributed by atoms with Crippen LogP contribution in [0, 0.1) is 0 Å². The van der Waals surface area contributed by atoms with Crippen LogP contribution in [0.4, 0.5) is 0 Å². The Hall–Kier alpha value is -1.91. The van der Waals surface area contributed by atoms with E-state index >= 15 is 0 Å². The van der Waals surface area contributed by atoms with Crippen molar-refractivity contribution in [3.05, 3.63) is 53.7 Å². The highest BCUT2D eigenvalue weighted by atomic mass is 16.5. The quantitative estimate of drug-likeness (QED) is 0.840. The molecular weight excluding hydrogens is 216 g/mol. The molecule has 0 radical (unpaired) electrons. The minimum Gasteiger partial charge on any atom is -0.438 e. The van der Waals surface area contributed by atoms with Crippen LogP contribution >= 0.6 is 0 Å². The lowest BCUT2D eigenvalue weighted by Crippen LogP contribution is -2.01. The second-order valence-corrected chi connectivity index (χ2v) is 3.54. The van der Waals surface area contributed by atoms with Gasteiger partial charge in [-0.15, -0.1) is 0 Å². The number of aromatic nitrogens is 1. The van der Waals surface area contributed by atoms with Gasteiger partial charge >= 0.3 is 0 Å². The van der Waals surface area contributed by atoms with Gasteiger partial charge < -0.3 is 15.6 Å². The van der Waals surface area contributed by atoms with E-state index in [2.05, 4.69) is 4.98 Å². The zero-order valence-corrected chi connectivity index (χ0v) is 9.34. The largest absolute Gasteiger partial charge is 0.438 e. The maximum Gasteiger partial charge on any atom is 0.223 e. The first-order chi connectivity index (χ1) is 8.35. The Balaban J connectivity index is 2.31. The van der Waals surface area contributed by atoms with Gasteiger partial charge in [0.2, 0.25) is 5.88 Å². The monoisotopic (exact) mass is 230 g/mol. The molecule has 0 aliphatic rings. The van der Waals surface area contributed by atoms with Crippen LogP contribution in [0.25, 0.3) is 0 Å². The highest BCUT2D eigenvalue weighted by Crippen LogP contribution is 2.25. The van der Waals surface area contributed by atoms with Gasteiger partial charge in [-0.2, -0.15) is 0 Å². The topological polar surface area (TPSA) is 68.4 Å². The van der Waals surface area contributed by atoms with E-state index < -0.39 is 0 Å². The fraction of sp³-hybridized carbons (Fsp3) is 0.154. The molecule has 0 spiro atoms. The molecule has 0 bridgehead atoms. The van der Waals surface area contributed by atoms with Crippen molar-refractivity contribution in [2.24, 2.45) is 5.73 Å². The first kappa shape index (κ1) is 11.6. The number of hydrogen-bond acceptors (Lipinski definition) is 4. The lowest BCUT2D eigenvalue weighted by Gasteiger charge is -2.10. The number of para-hydroxylation sites is 1. The highest BCUT2D eigenvalue weighted by molar-refractivity contribution is 5.37. The van der Waals surface area contributed by atoms with Crippen molar-refractivity contribution in [1.82, 2.24) is 4.98 Å². The van der Waals surface area contributed by atoms with E-state index in [0.29, 0.717) is 18.2 Å². The third-order valence-electron chi connectivity index (χ3n) is 2.42. The van der Waals surface area contributed by atoms with E-state index in [0.717, 1.165) is 11.1 Å². The van der Waals surface area contributed by atoms with Crippen LogP contribution in [0.1, 0.15) is 11.1 Å². The van der Waals surface area contributed by atoms with Crippen molar-refractivity contribution in [3.8, 4) is 11.6 Å². The molecule has 0 unspecified atom stereocenters. The molecule has 0 aliphatic carbocycles. The van der Waals surface area contributed by atoms with Gasteiger partial charge in [-0.1, -0.05) is 24.3 Å². The molecule has 0 aliphatic heterocycles. The van der Waals surface area contributed by atoms with E-state index in [4.69, 9.17) is 10.5 Å². The fourth-order valence-corrected chi connectivity index (χ4v) is 1.51. The summed E-state index contributed by atoms with van der Waals surface area (Å²) >= 11 is 0. The first-order valence-electron chi connectivity index (χ1n) is 5.35. The molecule has 0 saturated carbocycles. The van der Waals surface area contributed by atoms with Crippen molar-refractivity contribution >= 4 is 0 Å². The third-order valence-corrected chi connectivity index (χ3v) is 2.42. The Morgan fingerprint density at radius 3 is 2.65 bits per heavy atom. The van der Waals surface area contributed by atoms with Crippen molar-refractivity contribution in [2.75, 3.05) is 0 Å². The zero-order chi connectivity index (χ0) is 12.1. The van der Waals surface area contributed by atoms with E-state index in [1.165, 1.54) is 0 Å². The number of rotatable bonds is 4. The molecule has 4 nitrogen and oxygen atoms in total. The average molecular weight is 230 g/mol. The number of pyridine rings is 1. The average Bonchev–Trinajstić information content (AvgIpc) is 2.40. The Labute approximate surface area is 99.7 Å². The number of aliphatic hydroxyl groups excluding tert-OH is 1. The van der Waals surface area contributed by atoms with Crippen LogP contribution in [0.5, 0.6) is 11.6 Å². The summed E-state index contributed by atoms with van der Waals surface area (Å²) in [6.45, 7) is 0.297. The normalized spacial score (nSPS) is 10.2. The summed E-state index contributed by atoms with van der Waals surface area (Å²) in [7, 11) is 0. The molecular formula is C13H14N2O2. The molecule has 2 rings (SSSR count). The van der Waals surface area contributed by atoms with Gasteiger partial charge in [0.25, 0.3) is 0 Å². The van der Waals surface area contributed by atoms with Crippen LogP contribution in [-0.2, 0) is 13.2 Å². The van der Waals surface area contributed by atoms with Gasteiger partial charge in [-0.05, 0) is 12.1 Å². The summed E-state index contributed by atoms with van der Waals surface area (Å²) in [5.41, 5.74) is 7.16. The predicted molar refractivity (Wildman–Crippen MR) is 64.6 cm³/mol. The summed E-state index contributed by atoms with van der Waals surface area (Å²) in [6, 6.07) is 11.0. The molecule has 1 heterocycles. The Morgan fingerprint density at radius 2 is 1.88 bits per heavy atom. The first-order valence-corrected chi connectivity index (χ1v) is 5.35. The van der Waals surface area contributed by atoms with Gasteiger partial charge in [0.1, 0.15) is 5.75 Å². The van der Waals surface area contributed by atoms with Crippen molar-refractivity contribution in [2.45, 2.75) is 13.2 Å². The second-order valence-electron chi connectivity index (χ2n) is 3.54. The van der Waals surface area contributed by atoms with E-state index in [-0.39, 0.29) is 6.61 Å². The SMILES string of the molecule is NCc1cccnc1Oc1ccccc1CO. The molecule has 4 heteroatoms. The summed E-state index contributed by atoms with van der Waals surface area (Å²) in [6.07, 6.45) is 1.65. The van der Waals surface area contributed by atoms with Gasteiger partial charge in [0.15, 0.2) is 0 Å². The number of ether oxygens (including phenoxy) is 1. The maximum absolute atomic E-state index is 9.20. The predicted octanol–water partition coefficient (Wildman–Crippen LogP) is 1.82. The van der Waals surface area contributed by atoms with E-state index in [1.54, 1.807) is 18.3 Å². The lowest BCUT2D eigenvalue weighted by atomic mass is 10.2. The summed E-state index contributed by atoms with van der Waals surface area (Å²) < 4.78 is 5.67. The van der Waals surface area contributed by atoms with Crippen molar-refractivity contribution in [1.29, 1.82) is 0 Å². The lowest BCUT2D eigenvalue weighted by molar-refractivity contribution is 0.276. The van der Waals surface area contributed by atoms with Gasteiger partial charge in [0, 0.05) is 23.9 Å². The standard InChI is InChI=1S/C13H14N2O2/c14-8-10-5-3-7-15-13(10)17-12-6-2-1-4-11(12)9-16/h1-7,16H,8-9,14H2. The molecule has 0 amide bonds. The molecule has 17 heavy (non-hydrogen) atoms. The molecule has 2 aromatic rings. The van der Waals surface area contributed by atoms with Crippen LogP contribution in [0.15, 0.2) is 42.6 Å². The van der Waals surface area contributed by atoms with Crippen molar-refractivity contribution < 1.29 is 9.84 Å². The maximum atomic E-state index is 9.20. The van der Waals surface area contributed by atoms with E-state index in [1.807, 2.05) is 24.3 Å². The van der Waals surface area contributed by atoms with Crippen molar-refractivity contribution in [3.63, 3.8) is 0 Å². The number of hydrogen-bond donors (Lipinski definition) is 2. The van der Waals surface area contributed by atoms with Gasteiger partial charge in [-0.25, -0.2) is 4.98 Å².